The van der Waals surface area contributed by atoms with E-state index in [4.69, 9.17) is 10.4 Å². The van der Waals surface area contributed by atoms with Crippen molar-refractivity contribution in [3.05, 3.63) is 12.1 Å². The number of hydrogen-bond acceptors (Lipinski definition) is 5. The van der Waals surface area contributed by atoms with Crippen molar-refractivity contribution in [1.29, 1.82) is 0 Å². The number of anilines is 2. The van der Waals surface area contributed by atoms with E-state index >= 15 is 0 Å². The highest BCUT2D eigenvalue weighted by Gasteiger charge is 2.35. The molecule has 0 amide bonds. The second-order valence-corrected chi connectivity index (χ2v) is 4.32. The number of nitrogens with one attached hydrogen (secondary N) is 1. The van der Waals surface area contributed by atoms with E-state index in [0.29, 0.717) is 17.2 Å². The first-order valence-corrected chi connectivity index (χ1v) is 5.57. The summed E-state index contributed by atoms with van der Waals surface area (Å²) in [6.07, 6.45) is 2.44. The number of hydrogen-bond donors (Lipinski definition) is 2. The van der Waals surface area contributed by atoms with Crippen LogP contribution in [0.3, 0.4) is 0 Å². The van der Waals surface area contributed by atoms with Crippen molar-refractivity contribution in [2.24, 2.45) is 5.92 Å². The molecular weight excluding hydrogens is 204 g/mol. The van der Waals surface area contributed by atoms with Crippen LogP contribution < -0.4 is 11.1 Å². The van der Waals surface area contributed by atoms with Crippen LogP contribution >= 0.6 is 0 Å². The second-order valence-electron chi connectivity index (χ2n) is 4.32. The molecule has 1 aliphatic rings. The van der Waals surface area contributed by atoms with Crippen molar-refractivity contribution in [3.8, 4) is 0 Å². The predicted molar refractivity (Wildman–Crippen MR) is 62.0 cm³/mol. The Morgan fingerprint density at radius 3 is 3.00 bits per heavy atom. The lowest BCUT2D eigenvalue weighted by atomic mass is 10.2. The highest BCUT2D eigenvalue weighted by molar-refractivity contribution is 5.95. The van der Waals surface area contributed by atoms with Crippen LogP contribution in [0.25, 0.3) is 11.0 Å². The van der Waals surface area contributed by atoms with Gasteiger partial charge in [0.15, 0.2) is 11.0 Å². The topological polar surface area (TPSA) is 77.0 Å². The Bertz CT molecular complexity index is 522. The molecule has 3 rings (SSSR count). The van der Waals surface area contributed by atoms with Gasteiger partial charge in [0.1, 0.15) is 0 Å². The van der Waals surface area contributed by atoms with Crippen LogP contribution in [-0.4, -0.2) is 16.4 Å². The van der Waals surface area contributed by atoms with E-state index in [1.165, 1.54) is 12.8 Å². The fourth-order valence-corrected chi connectivity index (χ4v) is 2.08. The molecule has 84 valence electrons. The molecule has 2 unspecified atom stereocenters. The molecule has 1 heterocycles. The van der Waals surface area contributed by atoms with Crippen molar-refractivity contribution in [2.45, 2.75) is 25.8 Å². The van der Waals surface area contributed by atoms with Crippen molar-refractivity contribution < 1.29 is 4.63 Å². The van der Waals surface area contributed by atoms with E-state index in [2.05, 4.69) is 22.6 Å². The maximum Gasteiger partial charge on any atom is 0.160 e. The van der Waals surface area contributed by atoms with Gasteiger partial charge in [-0.3, -0.25) is 0 Å². The van der Waals surface area contributed by atoms with Crippen LogP contribution in [0.15, 0.2) is 16.8 Å². The van der Waals surface area contributed by atoms with Crippen molar-refractivity contribution >= 4 is 22.4 Å². The van der Waals surface area contributed by atoms with Gasteiger partial charge < -0.3 is 11.1 Å². The lowest BCUT2D eigenvalue weighted by molar-refractivity contribution is 0.315. The molecule has 1 aromatic carbocycles. The largest absolute Gasteiger partial charge is 0.397 e. The van der Waals surface area contributed by atoms with Gasteiger partial charge in [0.25, 0.3) is 0 Å². The van der Waals surface area contributed by atoms with Gasteiger partial charge in [-0.2, -0.15) is 0 Å². The number of rotatable bonds is 3. The van der Waals surface area contributed by atoms with Crippen LogP contribution in [0.5, 0.6) is 0 Å². The summed E-state index contributed by atoms with van der Waals surface area (Å²) >= 11 is 0. The van der Waals surface area contributed by atoms with Gasteiger partial charge in [-0.05, 0) is 34.8 Å². The minimum absolute atomic E-state index is 0.563. The lowest BCUT2D eigenvalue weighted by Crippen LogP contribution is -2.05. The third-order valence-corrected chi connectivity index (χ3v) is 3.23. The van der Waals surface area contributed by atoms with Gasteiger partial charge in [0, 0.05) is 6.04 Å². The Kier molecular flexibility index (Phi) is 1.99. The molecule has 1 aliphatic carbocycles. The Morgan fingerprint density at radius 1 is 1.44 bits per heavy atom. The maximum absolute atomic E-state index is 5.78. The molecule has 1 fully saturated rings. The first-order valence-electron chi connectivity index (χ1n) is 5.57. The Balaban J connectivity index is 1.92. The summed E-state index contributed by atoms with van der Waals surface area (Å²) in [7, 11) is 0. The molecule has 0 saturated heterocycles. The van der Waals surface area contributed by atoms with Gasteiger partial charge in [-0.25, -0.2) is 4.63 Å². The van der Waals surface area contributed by atoms with Gasteiger partial charge in [-0.15, -0.1) is 0 Å². The number of nitrogen functional groups attached to an aromatic ring is 1. The molecule has 5 heteroatoms. The number of nitrogens with zero attached hydrogens (tertiary/aromatic N) is 2. The highest BCUT2D eigenvalue weighted by Crippen LogP contribution is 2.37. The average Bonchev–Trinajstić information content (AvgIpc) is 2.84. The number of fused-ring (bicyclic) bond motifs is 1. The van der Waals surface area contributed by atoms with Crippen molar-refractivity contribution in [3.63, 3.8) is 0 Å². The fourth-order valence-electron chi connectivity index (χ4n) is 2.08. The molecule has 0 spiro atoms. The third kappa shape index (κ3) is 1.39. The maximum atomic E-state index is 5.78. The molecule has 0 bridgehead atoms. The van der Waals surface area contributed by atoms with E-state index in [1.54, 1.807) is 0 Å². The standard InChI is InChI=1S/C11H14N4O/c1-2-6-5-9(6)13-8-4-3-7(12)10-11(8)15-16-14-10/h3-4,6,9,13H,2,5,12H2,1H3. The van der Waals surface area contributed by atoms with Gasteiger partial charge in [0.05, 0.1) is 11.4 Å². The minimum Gasteiger partial charge on any atom is -0.397 e. The lowest BCUT2D eigenvalue weighted by Gasteiger charge is -2.05. The zero-order valence-electron chi connectivity index (χ0n) is 9.10. The molecule has 0 radical (unpaired) electrons. The SMILES string of the molecule is CCC1CC1Nc1ccc(N)c2nonc12. The van der Waals surface area contributed by atoms with Crippen LogP contribution in [0.1, 0.15) is 19.8 Å². The smallest absolute Gasteiger partial charge is 0.160 e. The summed E-state index contributed by atoms with van der Waals surface area (Å²) in [5.74, 6) is 0.785. The molecule has 0 aliphatic heterocycles. The summed E-state index contributed by atoms with van der Waals surface area (Å²) in [6, 6.07) is 4.33. The first kappa shape index (κ1) is 9.45. The van der Waals surface area contributed by atoms with Crippen molar-refractivity contribution in [2.75, 3.05) is 11.1 Å². The molecular formula is C11H14N4O. The quantitative estimate of drug-likeness (QED) is 0.770. The summed E-state index contributed by atoms with van der Waals surface area (Å²) in [5, 5.41) is 11.1. The number of nitrogens with two attached hydrogens (primary N) is 1. The van der Waals surface area contributed by atoms with E-state index in [-0.39, 0.29) is 0 Å². The molecule has 2 atom stereocenters. The van der Waals surface area contributed by atoms with E-state index in [0.717, 1.165) is 17.1 Å². The summed E-state index contributed by atoms with van der Waals surface area (Å²) < 4.78 is 4.72. The monoisotopic (exact) mass is 218 g/mol. The summed E-state index contributed by atoms with van der Waals surface area (Å²) in [4.78, 5) is 0. The molecule has 5 nitrogen and oxygen atoms in total. The average molecular weight is 218 g/mol. The Labute approximate surface area is 93.0 Å². The third-order valence-electron chi connectivity index (χ3n) is 3.23. The van der Waals surface area contributed by atoms with Gasteiger partial charge >= 0.3 is 0 Å². The molecule has 1 saturated carbocycles. The zero-order chi connectivity index (χ0) is 11.1. The zero-order valence-corrected chi connectivity index (χ0v) is 9.10. The summed E-state index contributed by atoms with van der Waals surface area (Å²) in [6.45, 7) is 2.21. The fraction of sp³-hybridized carbons (Fsp3) is 0.455. The normalized spacial score (nSPS) is 23.6. The number of benzene rings is 1. The van der Waals surface area contributed by atoms with Crippen LogP contribution in [-0.2, 0) is 0 Å². The first-order chi connectivity index (χ1) is 7.79. The van der Waals surface area contributed by atoms with Gasteiger partial charge in [0.2, 0.25) is 0 Å². The summed E-state index contributed by atoms with van der Waals surface area (Å²) in [5.41, 5.74) is 8.71. The van der Waals surface area contributed by atoms with Gasteiger partial charge in [-0.1, -0.05) is 13.3 Å². The van der Waals surface area contributed by atoms with E-state index in [1.807, 2.05) is 12.1 Å². The van der Waals surface area contributed by atoms with Crippen LogP contribution in [0, 0.1) is 5.92 Å². The van der Waals surface area contributed by atoms with Crippen LogP contribution in [0.2, 0.25) is 0 Å². The van der Waals surface area contributed by atoms with E-state index in [9.17, 15) is 0 Å². The Morgan fingerprint density at radius 2 is 2.25 bits per heavy atom. The highest BCUT2D eigenvalue weighted by atomic mass is 16.6. The minimum atomic E-state index is 0.563. The number of aromatic nitrogens is 2. The van der Waals surface area contributed by atoms with Crippen molar-refractivity contribution in [1.82, 2.24) is 10.3 Å². The second kappa shape index (κ2) is 3.37. The Hall–Kier alpha value is -1.78. The molecule has 16 heavy (non-hydrogen) atoms. The molecule has 1 aromatic heterocycles. The molecule has 2 aromatic rings. The van der Waals surface area contributed by atoms with Crippen LogP contribution in [0.4, 0.5) is 11.4 Å². The molecule has 3 N–H and O–H groups in total. The predicted octanol–water partition coefficient (Wildman–Crippen LogP) is 2.02. The van der Waals surface area contributed by atoms with E-state index < -0.39 is 0 Å².